The molecule has 0 saturated heterocycles. The fraction of sp³-hybridized carbons (Fsp3) is 0.318. The minimum atomic E-state index is -0.305. The van der Waals surface area contributed by atoms with Gasteiger partial charge in [-0.2, -0.15) is 0 Å². The highest BCUT2D eigenvalue weighted by molar-refractivity contribution is 8.00. The molecule has 2 aromatic carbocycles. The SMILES string of the molecule is CCOc1ccc(NC(=O)[C@H](C)Sc2nnc(Cc3ccccc3)n2CC)cc1. The maximum Gasteiger partial charge on any atom is 0.237 e. The van der Waals surface area contributed by atoms with Gasteiger partial charge in [-0.3, -0.25) is 4.79 Å². The van der Waals surface area contributed by atoms with Gasteiger partial charge >= 0.3 is 0 Å². The van der Waals surface area contributed by atoms with E-state index in [0.29, 0.717) is 6.61 Å². The molecule has 3 aromatic rings. The van der Waals surface area contributed by atoms with Crippen molar-refractivity contribution in [2.45, 2.75) is 44.1 Å². The van der Waals surface area contributed by atoms with Crippen molar-refractivity contribution in [3.8, 4) is 5.75 Å². The molecule has 6 nitrogen and oxygen atoms in total. The average Bonchev–Trinajstić information content (AvgIpc) is 3.11. The Bertz CT molecular complexity index is 926. The molecule has 0 aliphatic rings. The van der Waals surface area contributed by atoms with Gasteiger partial charge in [-0.25, -0.2) is 0 Å². The van der Waals surface area contributed by atoms with Crippen molar-refractivity contribution in [3.63, 3.8) is 0 Å². The van der Waals surface area contributed by atoms with Crippen LogP contribution in [0.15, 0.2) is 59.8 Å². The zero-order valence-electron chi connectivity index (χ0n) is 17.0. The Labute approximate surface area is 175 Å². The number of anilines is 1. The van der Waals surface area contributed by atoms with Gasteiger partial charge in [-0.15, -0.1) is 10.2 Å². The third-order valence-corrected chi connectivity index (χ3v) is 5.48. The summed E-state index contributed by atoms with van der Waals surface area (Å²) in [5.74, 6) is 1.62. The molecule has 3 rings (SSSR count). The van der Waals surface area contributed by atoms with E-state index >= 15 is 0 Å². The summed E-state index contributed by atoms with van der Waals surface area (Å²) in [4.78, 5) is 12.6. The van der Waals surface area contributed by atoms with Crippen molar-refractivity contribution in [1.82, 2.24) is 14.8 Å². The van der Waals surface area contributed by atoms with E-state index in [1.807, 2.05) is 56.3 Å². The number of hydrogen-bond donors (Lipinski definition) is 1. The first-order valence-electron chi connectivity index (χ1n) is 9.77. The van der Waals surface area contributed by atoms with E-state index < -0.39 is 0 Å². The molecule has 0 saturated carbocycles. The Balaban J connectivity index is 1.63. The van der Waals surface area contributed by atoms with Gasteiger partial charge in [-0.05, 0) is 50.6 Å². The Morgan fingerprint density at radius 3 is 2.48 bits per heavy atom. The molecule has 0 bridgehead atoms. The first kappa shape index (κ1) is 20.9. The molecule has 1 heterocycles. The molecular formula is C22H26N4O2S. The van der Waals surface area contributed by atoms with E-state index in [2.05, 4.69) is 39.1 Å². The van der Waals surface area contributed by atoms with Crippen molar-refractivity contribution >= 4 is 23.4 Å². The number of aromatic nitrogens is 3. The van der Waals surface area contributed by atoms with E-state index in [9.17, 15) is 4.79 Å². The zero-order chi connectivity index (χ0) is 20.6. The maximum atomic E-state index is 12.6. The highest BCUT2D eigenvalue weighted by Gasteiger charge is 2.20. The van der Waals surface area contributed by atoms with E-state index in [1.165, 1.54) is 17.3 Å². The summed E-state index contributed by atoms with van der Waals surface area (Å²) in [7, 11) is 0. The molecule has 0 radical (unpaired) electrons. The Kier molecular flexibility index (Phi) is 7.30. The summed E-state index contributed by atoms with van der Waals surface area (Å²) in [5, 5.41) is 12.1. The van der Waals surface area contributed by atoms with Gasteiger partial charge < -0.3 is 14.6 Å². The van der Waals surface area contributed by atoms with Crippen LogP contribution < -0.4 is 10.1 Å². The monoisotopic (exact) mass is 410 g/mol. The van der Waals surface area contributed by atoms with Crippen LogP contribution in [0.25, 0.3) is 0 Å². The molecule has 0 fully saturated rings. The lowest BCUT2D eigenvalue weighted by Gasteiger charge is -2.13. The molecule has 152 valence electrons. The molecule has 0 unspecified atom stereocenters. The van der Waals surface area contributed by atoms with Crippen LogP contribution in [0.4, 0.5) is 5.69 Å². The molecule has 29 heavy (non-hydrogen) atoms. The molecule has 0 aliphatic carbocycles. The molecule has 1 atom stereocenters. The maximum absolute atomic E-state index is 12.6. The van der Waals surface area contributed by atoms with Gasteiger partial charge in [0.05, 0.1) is 11.9 Å². The number of amides is 1. The number of carbonyl (C=O) groups excluding carboxylic acids is 1. The van der Waals surface area contributed by atoms with Crippen molar-refractivity contribution < 1.29 is 9.53 Å². The summed E-state index contributed by atoms with van der Waals surface area (Å²) in [5.41, 5.74) is 1.93. The molecule has 0 spiro atoms. The van der Waals surface area contributed by atoms with Crippen LogP contribution >= 0.6 is 11.8 Å². The summed E-state index contributed by atoms with van der Waals surface area (Å²) >= 11 is 1.42. The Morgan fingerprint density at radius 2 is 1.83 bits per heavy atom. The normalized spacial score (nSPS) is 11.8. The van der Waals surface area contributed by atoms with Crippen molar-refractivity contribution in [2.24, 2.45) is 0 Å². The lowest BCUT2D eigenvalue weighted by molar-refractivity contribution is -0.115. The average molecular weight is 411 g/mol. The molecule has 1 amide bonds. The first-order valence-corrected chi connectivity index (χ1v) is 10.6. The fourth-order valence-electron chi connectivity index (χ4n) is 2.89. The summed E-state index contributed by atoms with van der Waals surface area (Å²) in [6, 6.07) is 17.6. The van der Waals surface area contributed by atoms with Gasteiger partial charge in [0, 0.05) is 18.7 Å². The number of benzene rings is 2. The van der Waals surface area contributed by atoms with Gasteiger partial charge in [0.15, 0.2) is 5.16 Å². The van der Waals surface area contributed by atoms with Crippen LogP contribution in [-0.4, -0.2) is 32.5 Å². The van der Waals surface area contributed by atoms with Crippen LogP contribution in [-0.2, 0) is 17.8 Å². The zero-order valence-corrected chi connectivity index (χ0v) is 17.8. The topological polar surface area (TPSA) is 69.0 Å². The van der Waals surface area contributed by atoms with Gasteiger partial charge in [0.2, 0.25) is 5.91 Å². The lowest BCUT2D eigenvalue weighted by Crippen LogP contribution is -2.23. The lowest BCUT2D eigenvalue weighted by atomic mass is 10.1. The van der Waals surface area contributed by atoms with Crippen LogP contribution in [0.1, 0.15) is 32.2 Å². The first-order chi connectivity index (χ1) is 14.1. The van der Waals surface area contributed by atoms with Crippen molar-refractivity contribution in [3.05, 3.63) is 66.0 Å². The molecule has 0 aliphatic heterocycles. The summed E-state index contributed by atoms with van der Waals surface area (Å²) in [6.45, 7) is 7.25. The number of carbonyl (C=O) groups is 1. The van der Waals surface area contributed by atoms with Crippen molar-refractivity contribution in [2.75, 3.05) is 11.9 Å². The predicted molar refractivity (Wildman–Crippen MR) is 117 cm³/mol. The number of hydrogen-bond acceptors (Lipinski definition) is 5. The Morgan fingerprint density at radius 1 is 1.10 bits per heavy atom. The highest BCUT2D eigenvalue weighted by Crippen LogP contribution is 2.25. The van der Waals surface area contributed by atoms with Crippen LogP contribution in [0, 0.1) is 0 Å². The van der Waals surface area contributed by atoms with E-state index in [0.717, 1.165) is 35.4 Å². The van der Waals surface area contributed by atoms with Gasteiger partial charge in [0.1, 0.15) is 11.6 Å². The van der Waals surface area contributed by atoms with E-state index in [1.54, 1.807) is 0 Å². The number of thioether (sulfide) groups is 1. The van der Waals surface area contributed by atoms with Gasteiger partial charge in [-0.1, -0.05) is 42.1 Å². The standard InChI is InChI=1S/C22H26N4O2S/c1-4-26-20(15-17-9-7-6-8-10-17)24-25-22(26)29-16(3)21(27)23-18-11-13-19(14-12-18)28-5-2/h6-14,16H,4-5,15H2,1-3H3,(H,23,27)/t16-/m0/s1. The second kappa shape index (κ2) is 10.1. The van der Waals surface area contributed by atoms with E-state index in [-0.39, 0.29) is 11.2 Å². The summed E-state index contributed by atoms with van der Waals surface area (Å²) in [6.07, 6.45) is 0.717. The molecular weight excluding hydrogens is 384 g/mol. The minimum Gasteiger partial charge on any atom is -0.494 e. The third kappa shape index (κ3) is 5.60. The predicted octanol–water partition coefficient (Wildman–Crippen LogP) is 4.41. The minimum absolute atomic E-state index is 0.0746. The number of nitrogens with one attached hydrogen (secondary N) is 1. The number of ether oxygens (including phenoxy) is 1. The third-order valence-electron chi connectivity index (χ3n) is 4.40. The summed E-state index contributed by atoms with van der Waals surface area (Å²) < 4.78 is 7.50. The van der Waals surface area contributed by atoms with Gasteiger partial charge in [0.25, 0.3) is 0 Å². The number of rotatable bonds is 9. The van der Waals surface area contributed by atoms with Crippen molar-refractivity contribution in [1.29, 1.82) is 0 Å². The highest BCUT2D eigenvalue weighted by atomic mass is 32.2. The smallest absolute Gasteiger partial charge is 0.237 e. The van der Waals surface area contributed by atoms with Crippen LogP contribution in [0.5, 0.6) is 5.75 Å². The molecule has 1 N–H and O–H groups in total. The van der Waals surface area contributed by atoms with Crippen LogP contribution in [0.3, 0.4) is 0 Å². The number of nitrogens with zero attached hydrogens (tertiary/aromatic N) is 3. The Hall–Kier alpha value is -2.80. The second-order valence-electron chi connectivity index (χ2n) is 6.51. The fourth-order valence-corrected chi connectivity index (χ4v) is 3.82. The molecule has 1 aromatic heterocycles. The molecule has 7 heteroatoms. The van der Waals surface area contributed by atoms with E-state index in [4.69, 9.17) is 4.74 Å². The second-order valence-corrected chi connectivity index (χ2v) is 7.82. The largest absolute Gasteiger partial charge is 0.494 e. The van der Waals surface area contributed by atoms with Crippen LogP contribution in [0.2, 0.25) is 0 Å². The quantitative estimate of drug-likeness (QED) is 0.529.